The molecule has 0 aliphatic carbocycles. The van der Waals surface area contributed by atoms with Crippen molar-refractivity contribution in [3.05, 3.63) is 64.6 Å². The van der Waals surface area contributed by atoms with Crippen LogP contribution in [-0.4, -0.2) is 25.5 Å². The summed E-state index contributed by atoms with van der Waals surface area (Å²) in [5.74, 6) is -0.0575. The maximum Gasteiger partial charge on any atom is 0.290 e. The summed E-state index contributed by atoms with van der Waals surface area (Å²) in [6.07, 6.45) is 0.0505. The molecule has 0 saturated heterocycles. The van der Waals surface area contributed by atoms with Gasteiger partial charge in [0.05, 0.1) is 6.42 Å². The number of hydrogen-bond acceptors (Lipinski definition) is 5. The van der Waals surface area contributed by atoms with Gasteiger partial charge in [0, 0.05) is 35.4 Å². The van der Waals surface area contributed by atoms with Crippen LogP contribution in [0.2, 0.25) is 0 Å². The number of carbonyl (C=O) groups is 1. The number of anilines is 1. The van der Waals surface area contributed by atoms with Crippen LogP contribution in [0.3, 0.4) is 0 Å². The molecule has 27 heavy (non-hydrogen) atoms. The lowest BCUT2D eigenvalue weighted by Gasteiger charge is -2.26. The van der Waals surface area contributed by atoms with E-state index in [0.717, 1.165) is 35.7 Å². The number of nitrogens with zero attached hydrogens (tertiary/aromatic N) is 2. The Kier molecular flexibility index (Phi) is 8.48. The van der Waals surface area contributed by atoms with Crippen molar-refractivity contribution in [3.8, 4) is 0 Å². The zero-order valence-corrected chi connectivity index (χ0v) is 17.0. The summed E-state index contributed by atoms with van der Waals surface area (Å²) >= 11 is 1.54. The number of carbonyl (C=O) groups excluding carboxylic acids is 1. The molecule has 0 bridgehead atoms. The van der Waals surface area contributed by atoms with Crippen molar-refractivity contribution in [2.24, 2.45) is 11.1 Å². The van der Waals surface area contributed by atoms with Crippen molar-refractivity contribution in [2.45, 2.75) is 32.1 Å². The summed E-state index contributed by atoms with van der Waals surface area (Å²) in [5.41, 5.74) is 3.10. The molecule has 0 spiro atoms. The maximum absolute atomic E-state index is 11.3. The van der Waals surface area contributed by atoms with Gasteiger partial charge in [-0.1, -0.05) is 38.1 Å². The minimum atomic E-state index is -0.642. The molecule has 144 valence electrons. The van der Waals surface area contributed by atoms with Crippen molar-refractivity contribution < 1.29 is 4.79 Å². The standard InChI is InChI=1S/C21H27N3O2S/c1-16(2)15-24(19-7-5-4-6-8-19)10-9-22-27-20-12-17(3)11-18(13-20)14-21(25)23-26/h4-8,11-13,16,22H,9-10,14-15H2,1-3H3. The molecule has 1 amide bonds. The summed E-state index contributed by atoms with van der Waals surface area (Å²) in [6.45, 7) is 9.16. The van der Waals surface area contributed by atoms with Gasteiger partial charge < -0.3 is 4.90 Å². The van der Waals surface area contributed by atoms with Crippen LogP contribution in [-0.2, 0) is 11.2 Å². The normalized spacial score (nSPS) is 10.8. The van der Waals surface area contributed by atoms with Gasteiger partial charge >= 0.3 is 0 Å². The van der Waals surface area contributed by atoms with Gasteiger partial charge in [-0.25, -0.2) is 0 Å². The SMILES string of the molecule is Cc1cc(CC(=O)N=O)cc(SNCCN(CC(C)C)c2ccccc2)c1. The molecule has 0 aliphatic heterocycles. The number of benzene rings is 2. The lowest BCUT2D eigenvalue weighted by atomic mass is 10.1. The van der Waals surface area contributed by atoms with E-state index < -0.39 is 5.91 Å². The molecule has 2 rings (SSSR count). The molecule has 1 N–H and O–H groups in total. The first-order valence-electron chi connectivity index (χ1n) is 9.14. The van der Waals surface area contributed by atoms with Crippen LogP contribution in [0, 0.1) is 17.7 Å². The maximum atomic E-state index is 11.3. The largest absolute Gasteiger partial charge is 0.370 e. The average Bonchev–Trinajstić information content (AvgIpc) is 2.64. The van der Waals surface area contributed by atoms with Crippen LogP contribution in [0.15, 0.2) is 58.6 Å². The van der Waals surface area contributed by atoms with E-state index in [-0.39, 0.29) is 6.42 Å². The van der Waals surface area contributed by atoms with E-state index in [1.54, 1.807) is 11.9 Å². The molecule has 0 radical (unpaired) electrons. The molecule has 2 aromatic carbocycles. The number of amides is 1. The number of nitroso groups, excluding NO2 is 1. The summed E-state index contributed by atoms with van der Waals surface area (Å²) in [7, 11) is 0. The molecule has 6 heteroatoms. The van der Waals surface area contributed by atoms with Crippen LogP contribution in [0.25, 0.3) is 0 Å². The summed E-state index contributed by atoms with van der Waals surface area (Å²) < 4.78 is 3.40. The van der Waals surface area contributed by atoms with Crippen molar-refractivity contribution in [2.75, 3.05) is 24.5 Å². The van der Waals surface area contributed by atoms with Gasteiger partial charge in [0.2, 0.25) is 0 Å². The number of hydrogen-bond donors (Lipinski definition) is 1. The Balaban J connectivity index is 1.91. The lowest BCUT2D eigenvalue weighted by Crippen LogP contribution is -2.33. The second-order valence-electron chi connectivity index (χ2n) is 6.99. The van der Waals surface area contributed by atoms with Gasteiger partial charge in [-0.05, 0) is 60.2 Å². The fourth-order valence-corrected chi connectivity index (χ4v) is 3.73. The van der Waals surface area contributed by atoms with Crippen LogP contribution in [0.1, 0.15) is 25.0 Å². The van der Waals surface area contributed by atoms with Gasteiger partial charge in [0.25, 0.3) is 5.91 Å². The molecule has 0 aromatic heterocycles. The Bertz CT molecular complexity index is 750. The summed E-state index contributed by atoms with van der Waals surface area (Å²) in [4.78, 5) is 25.0. The van der Waals surface area contributed by atoms with Crippen LogP contribution >= 0.6 is 11.9 Å². The van der Waals surface area contributed by atoms with Crippen molar-refractivity contribution in [1.29, 1.82) is 0 Å². The van der Waals surface area contributed by atoms with Gasteiger partial charge in [-0.15, -0.1) is 4.91 Å². The number of para-hydroxylation sites is 1. The van der Waals surface area contributed by atoms with Gasteiger partial charge in [0.1, 0.15) is 0 Å². The smallest absolute Gasteiger partial charge is 0.290 e. The Morgan fingerprint density at radius 2 is 1.93 bits per heavy atom. The average molecular weight is 386 g/mol. The van der Waals surface area contributed by atoms with Crippen molar-refractivity contribution in [1.82, 2.24) is 4.72 Å². The van der Waals surface area contributed by atoms with E-state index in [4.69, 9.17) is 0 Å². The third kappa shape index (κ3) is 7.53. The highest BCUT2D eigenvalue weighted by molar-refractivity contribution is 7.97. The van der Waals surface area contributed by atoms with Crippen LogP contribution < -0.4 is 9.62 Å². The molecule has 0 fully saturated rings. The summed E-state index contributed by atoms with van der Waals surface area (Å²) in [6, 6.07) is 16.3. The zero-order chi connectivity index (χ0) is 19.6. The third-order valence-corrected chi connectivity index (χ3v) is 4.77. The number of aryl methyl sites for hydroxylation is 1. The fourth-order valence-electron chi connectivity index (χ4n) is 2.91. The van der Waals surface area contributed by atoms with E-state index >= 15 is 0 Å². The van der Waals surface area contributed by atoms with Gasteiger partial charge in [0.15, 0.2) is 0 Å². The van der Waals surface area contributed by atoms with E-state index in [0.29, 0.717) is 5.92 Å². The van der Waals surface area contributed by atoms with Crippen molar-refractivity contribution >= 4 is 23.5 Å². The minimum Gasteiger partial charge on any atom is -0.370 e. The fraction of sp³-hybridized carbons (Fsp3) is 0.381. The molecular weight excluding hydrogens is 358 g/mol. The highest BCUT2D eigenvalue weighted by atomic mass is 32.2. The topological polar surface area (TPSA) is 61.8 Å². The summed E-state index contributed by atoms with van der Waals surface area (Å²) in [5, 5.41) is 2.47. The molecule has 0 atom stereocenters. The van der Waals surface area contributed by atoms with Gasteiger partial charge in [-0.3, -0.25) is 9.52 Å². The molecule has 5 nitrogen and oxygen atoms in total. The Morgan fingerprint density at radius 1 is 1.19 bits per heavy atom. The molecule has 0 aliphatic rings. The molecule has 0 saturated carbocycles. The highest BCUT2D eigenvalue weighted by Gasteiger charge is 2.09. The Morgan fingerprint density at radius 3 is 2.59 bits per heavy atom. The highest BCUT2D eigenvalue weighted by Crippen LogP contribution is 2.20. The quantitative estimate of drug-likeness (QED) is 0.368. The van der Waals surface area contributed by atoms with Gasteiger partial charge in [-0.2, -0.15) is 0 Å². The second-order valence-corrected chi connectivity index (χ2v) is 7.95. The predicted molar refractivity (Wildman–Crippen MR) is 113 cm³/mol. The molecule has 0 unspecified atom stereocenters. The second kappa shape index (κ2) is 10.8. The van der Waals surface area contributed by atoms with Crippen LogP contribution in [0.5, 0.6) is 0 Å². The first-order valence-corrected chi connectivity index (χ1v) is 9.96. The lowest BCUT2D eigenvalue weighted by molar-refractivity contribution is -0.117. The van der Waals surface area contributed by atoms with E-state index in [1.807, 2.05) is 25.1 Å². The molecule has 2 aromatic rings. The van der Waals surface area contributed by atoms with E-state index in [9.17, 15) is 9.70 Å². The number of nitrogens with one attached hydrogen (secondary N) is 1. The Hall–Kier alpha value is -2.18. The monoisotopic (exact) mass is 385 g/mol. The van der Waals surface area contributed by atoms with Crippen LogP contribution in [0.4, 0.5) is 5.69 Å². The molecule has 0 heterocycles. The predicted octanol–water partition coefficient (Wildman–Crippen LogP) is 4.59. The Labute approximate surface area is 165 Å². The van der Waals surface area contributed by atoms with E-state index in [2.05, 4.69) is 59.0 Å². The molecular formula is C21H27N3O2S. The zero-order valence-electron chi connectivity index (χ0n) is 16.1. The first-order chi connectivity index (χ1) is 13.0. The van der Waals surface area contributed by atoms with E-state index in [1.165, 1.54) is 5.69 Å². The first kappa shape index (κ1) is 21.1. The third-order valence-electron chi connectivity index (χ3n) is 3.95. The van der Waals surface area contributed by atoms with Crippen molar-refractivity contribution in [3.63, 3.8) is 0 Å². The minimum absolute atomic E-state index is 0.0505. The number of rotatable bonds is 10.